The monoisotopic (exact) mass is 412 g/mol. The first-order valence-electron chi connectivity index (χ1n) is 7.73. The zero-order valence-corrected chi connectivity index (χ0v) is 16.6. The number of rotatable bonds is 6. The largest absolute Gasteiger partial charge is 0.297 e. The van der Waals surface area contributed by atoms with Gasteiger partial charge in [0.25, 0.3) is 0 Å². The van der Waals surface area contributed by atoms with Crippen molar-refractivity contribution in [2.24, 2.45) is 0 Å². The van der Waals surface area contributed by atoms with E-state index < -0.39 is 0 Å². The molecule has 4 aromatic rings. The Balaban J connectivity index is 2.04. The molecule has 0 spiro atoms. The Hall–Kier alpha value is -2.12. The van der Waals surface area contributed by atoms with E-state index in [0.717, 1.165) is 43.2 Å². The van der Waals surface area contributed by atoms with Crippen LogP contribution in [0.3, 0.4) is 0 Å². The fourth-order valence-electron chi connectivity index (χ4n) is 2.68. The van der Waals surface area contributed by atoms with Gasteiger partial charge in [-0.1, -0.05) is 12.1 Å². The molecule has 2 nitrogen and oxygen atoms in total. The highest BCUT2D eigenvalue weighted by Crippen LogP contribution is 2.43. The van der Waals surface area contributed by atoms with Crippen molar-refractivity contribution < 1.29 is 9.59 Å². The van der Waals surface area contributed by atoms with Crippen molar-refractivity contribution in [1.29, 1.82) is 0 Å². The van der Waals surface area contributed by atoms with Crippen LogP contribution in [0.5, 0.6) is 0 Å². The SMILES string of the molecule is O=Cc1ccc(/C(=C(/c2cccs2)c2ccc(C=O)s2)c2cccs2)s1. The molecule has 0 amide bonds. The lowest BCUT2D eigenvalue weighted by Gasteiger charge is -2.11. The highest BCUT2D eigenvalue weighted by Gasteiger charge is 2.20. The van der Waals surface area contributed by atoms with Crippen LogP contribution in [-0.4, -0.2) is 12.6 Å². The van der Waals surface area contributed by atoms with Gasteiger partial charge in [0.2, 0.25) is 0 Å². The average Bonchev–Trinajstić information content (AvgIpc) is 3.47. The second kappa shape index (κ2) is 7.63. The van der Waals surface area contributed by atoms with Crippen LogP contribution in [0.1, 0.15) is 38.9 Å². The molecule has 4 rings (SSSR count). The van der Waals surface area contributed by atoms with Gasteiger partial charge in [-0.15, -0.1) is 45.3 Å². The van der Waals surface area contributed by atoms with Crippen LogP contribution in [-0.2, 0) is 0 Å². The zero-order chi connectivity index (χ0) is 17.9. The third kappa shape index (κ3) is 3.29. The van der Waals surface area contributed by atoms with Crippen LogP contribution in [0.15, 0.2) is 59.3 Å². The molecule has 0 fully saturated rings. The molecule has 0 N–H and O–H groups in total. The Labute approximate surface area is 166 Å². The molecule has 4 aromatic heterocycles. The van der Waals surface area contributed by atoms with Crippen molar-refractivity contribution in [3.63, 3.8) is 0 Å². The molecule has 0 radical (unpaired) electrons. The van der Waals surface area contributed by atoms with E-state index in [2.05, 4.69) is 22.9 Å². The second-order valence-corrected chi connectivity index (χ2v) is 9.47. The van der Waals surface area contributed by atoms with Crippen LogP contribution in [0.2, 0.25) is 0 Å². The summed E-state index contributed by atoms with van der Waals surface area (Å²) in [5.74, 6) is 0. The molecule has 0 atom stereocenters. The first-order chi connectivity index (χ1) is 12.8. The maximum absolute atomic E-state index is 11.2. The van der Waals surface area contributed by atoms with E-state index in [4.69, 9.17) is 0 Å². The van der Waals surface area contributed by atoms with Gasteiger partial charge in [0.15, 0.2) is 12.6 Å². The van der Waals surface area contributed by atoms with Crippen LogP contribution in [0.25, 0.3) is 11.1 Å². The number of hydrogen-bond donors (Lipinski definition) is 0. The summed E-state index contributed by atoms with van der Waals surface area (Å²) in [7, 11) is 0. The van der Waals surface area contributed by atoms with Gasteiger partial charge in [-0.25, -0.2) is 0 Å². The smallest absolute Gasteiger partial charge is 0.160 e. The summed E-state index contributed by atoms with van der Waals surface area (Å²) < 4.78 is 0. The number of carbonyl (C=O) groups excluding carboxylic acids is 2. The fraction of sp³-hybridized carbons (Fsp3) is 0. The molecule has 0 aromatic carbocycles. The molecule has 4 heterocycles. The Bertz CT molecular complexity index is 977. The summed E-state index contributed by atoms with van der Waals surface area (Å²) >= 11 is 6.34. The molecule has 0 unspecified atom stereocenters. The molecule has 0 saturated heterocycles. The fourth-order valence-corrected chi connectivity index (χ4v) is 6.17. The van der Waals surface area contributed by atoms with Gasteiger partial charge in [0.05, 0.1) is 9.75 Å². The van der Waals surface area contributed by atoms with E-state index >= 15 is 0 Å². The normalized spacial score (nSPS) is 12.0. The van der Waals surface area contributed by atoms with Crippen molar-refractivity contribution in [2.45, 2.75) is 0 Å². The van der Waals surface area contributed by atoms with Gasteiger partial charge in [-0.05, 0) is 47.2 Å². The number of aldehydes is 2. The molecule has 0 aliphatic rings. The molecule has 0 aliphatic carbocycles. The predicted octanol–water partition coefficient (Wildman–Crippen LogP) is 6.57. The van der Waals surface area contributed by atoms with E-state index in [1.807, 2.05) is 36.4 Å². The quantitative estimate of drug-likeness (QED) is 0.336. The minimum Gasteiger partial charge on any atom is -0.297 e. The van der Waals surface area contributed by atoms with Crippen LogP contribution in [0.4, 0.5) is 0 Å². The number of thiophene rings is 4. The summed E-state index contributed by atoms with van der Waals surface area (Å²) in [6, 6.07) is 16.0. The predicted molar refractivity (Wildman–Crippen MR) is 113 cm³/mol. The molecule has 128 valence electrons. The third-order valence-corrected chi connectivity index (χ3v) is 7.59. The maximum atomic E-state index is 11.2. The van der Waals surface area contributed by atoms with E-state index in [1.165, 1.54) is 22.7 Å². The van der Waals surface area contributed by atoms with E-state index in [0.29, 0.717) is 9.75 Å². The third-order valence-electron chi connectivity index (χ3n) is 3.76. The Morgan fingerprint density at radius 1 is 0.615 bits per heavy atom. The van der Waals surface area contributed by atoms with Gasteiger partial charge in [-0.2, -0.15) is 0 Å². The summed E-state index contributed by atoms with van der Waals surface area (Å²) in [4.78, 5) is 28.2. The first-order valence-corrected chi connectivity index (χ1v) is 11.1. The van der Waals surface area contributed by atoms with Gasteiger partial charge in [-0.3, -0.25) is 9.59 Å². The summed E-state index contributed by atoms with van der Waals surface area (Å²) in [6.07, 6.45) is 1.78. The van der Waals surface area contributed by atoms with E-state index in [-0.39, 0.29) is 0 Å². The van der Waals surface area contributed by atoms with Crippen molar-refractivity contribution in [1.82, 2.24) is 0 Å². The van der Waals surface area contributed by atoms with Gasteiger partial charge < -0.3 is 0 Å². The summed E-state index contributed by atoms with van der Waals surface area (Å²) in [5, 5.41) is 4.11. The first kappa shape index (κ1) is 17.3. The highest BCUT2D eigenvalue weighted by atomic mass is 32.1. The Morgan fingerprint density at radius 3 is 1.38 bits per heavy atom. The number of hydrogen-bond acceptors (Lipinski definition) is 6. The van der Waals surface area contributed by atoms with Crippen molar-refractivity contribution in [3.8, 4) is 0 Å². The van der Waals surface area contributed by atoms with Gasteiger partial charge in [0, 0.05) is 30.7 Å². The van der Waals surface area contributed by atoms with E-state index in [9.17, 15) is 9.59 Å². The van der Waals surface area contributed by atoms with Crippen molar-refractivity contribution in [3.05, 3.63) is 88.6 Å². The summed E-state index contributed by atoms with van der Waals surface area (Å²) in [5.41, 5.74) is 2.22. The highest BCUT2D eigenvalue weighted by molar-refractivity contribution is 7.18. The van der Waals surface area contributed by atoms with Crippen LogP contribution >= 0.6 is 45.3 Å². The topological polar surface area (TPSA) is 34.1 Å². The Morgan fingerprint density at radius 2 is 1.08 bits per heavy atom. The van der Waals surface area contributed by atoms with Crippen LogP contribution < -0.4 is 0 Å². The standard InChI is InChI=1S/C20H12O2S4/c21-11-13-5-7-17(25-13)19(15-3-1-9-23-15)20(16-4-2-10-24-16)18-8-6-14(12-22)26-18/h1-12H/b20-19-. The molecule has 6 heteroatoms. The lowest BCUT2D eigenvalue weighted by Crippen LogP contribution is -1.90. The average molecular weight is 413 g/mol. The lowest BCUT2D eigenvalue weighted by molar-refractivity contribution is 0.111. The Kier molecular flexibility index (Phi) is 5.08. The summed E-state index contributed by atoms with van der Waals surface area (Å²) in [6.45, 7) is 0. The molecule has 0 saturated carbocycles. The molecule has 26 heavy (non-hydrogen) atoms. The molecule has 0 bridgehead atoms. The molecular formula is C20H12O2S4. The van der Waals surface area contributed by atoms with E-state index in [1.54, 1.807) is 22.7 Å². The van der Waals surface area contributed by atoms with Crippen LogP contribution in [0, 0.1) is 0 Å². The van der Waals surface area contributed by atoms with Gasteiger partial charge in [0.1, 0.15) is 0 Å². The minimum atomic E-state index is 0.708. The van der Waals surface area contributed by atoms with Crippen molar-refractivity contribution >= 4 is 69.1 Å². The lowest BCUT2D eigenvalue weighted by atomic mass is 10.0. The van der Waals surface area contributed by atoms with Crippen molar-refractivity contribution in [2.75, 3.05) is 0 Å². The second-order valence-electron chi connectivity index (χ2n) is 5.34. The minimum absolute atomic E-state index is 0.708. The van der Waals surface area contributed by atoms with Gasteiger partial charge >= 0.3 is 0 Å². The number of carbonyl (C=O) groups is 2. The maximum Gasteiger partial charge on any atom is 0.160 e. The molecule has 0 aliphatic heterocycles. The molecular weight excluding hydrogens is 400 g/mol. The zero-order valence-electron chi connectivity index (χ0n) is 13.4.